The SMILES string of the molecule is c1ccc(-c2cc(-c3ccc(-c4cc5c6ccccc6n(-c6ccccc6)c5cc4-n4c5ccccc5c5ccccc54)cc3)nc(-c3ccccc3)n2)cc1. The van der Waals surface area contributed by atoms with Crippen molar-refractivity contribution in [1.82, 2.24) is 19.1 Å². The number of rotatable bonds is 6. The molecule has 0 spiro atoms. The maximum Gasteiger partial charge on any atom is 0.160 e. The normalized spacial score (nSPS) is 11.6. The molecule has 0 aliphatic carbocycles. The first-order valence-electron chi connectivity index (χ1n) is 19.0. The molecule has 3 aromatic heterocycles. The molecule has 0 bridgehead atoms. The Bertz CT molecular complexity index is 3100. The summed E-state index contributed by atoms with van der Waals surface area (Å²) < 4.78 is 4.85. The van der Waals surface area contributed by atoms with Gasteiger partial charge in [0, 0.05) is 49.5 Å². The number of hydrogen-bond acceptors (Lipinski definition) is 2. The Morgan fingerprint density at radius 2 is 0.750 bits per heavy atom. The second-order valence-electron chi connectivity index (χ2n) is 14.2. The summed E-state index contributed by atoms with van der Waals surface area (Å²) in [7, 11) is 0. The van der Waals surface area contributed by atoms with Crippen molar-refractivity contribution in [3.63, 3.8) is 0 Å². The van der Waals surface area contributed by atoms with Crippen molar-refractivity contribution < 1.29 is 0 Å². The van der Waals surface area contributed by atoms with E-state index in [2.05, 4.69) is 191 Å². The lowest BCUT2D eigenvalue weighted by atomic mass is 9.98. The topological polar surface area (TPSA) is 35.6 Å². The molecule has 0 saturated heterocycles. The lowest BCUT2D eigenvalue weighted by Crippen LogP contribution is -2.00. The predicted molar refractivity (Wildman–Crippen MR) is 232 cm³/mol. The van der Waals surface area contributed by atoms with Crippen molar-refractivity contribution in [2.24, 2.45) is 0 Å². The van der Waals surface area contributed by atoms with E-state index in [9.17, 15) is 0 Å². The smallest absolute Gasteiger partial charge is 0.160 e. The first-order valence-corrected chi connectivity index (χ1v) is 19.0. The van der Waals surface area contributed by atoms with Crippen molar-refractivity contribution in [3.05, 3.63) is 206 Å². The monoisotopic (exact) mass is 714 g/mol. The average Bonchev–Trinajstić information content (AvgIpc) is 3.79. The number of aromatic nitrogens is 4. The third kappa shape index (κ3) is 5.23. The highest BCUT2D eigenvalue weighted by Crippen LogP contribution is 2.42. The maximum absolute atomic E-state index is 5.12. The van der Waals surface area contributed by atoms with Crippen molar-refractivity contribution >= 4 is 43.6 Å². The Balaban J connectivity index is 1.15. The van der Waals surface area contributed by atoms with Gasteiger partial charge < -0.3 is 9.13 Å². The van der Waals surface area contributed by atoms with Crippen LogP contribution in [0.3, 0.4) is 0 Å². The van der Waals surface area contributed by atoms with Gasteiger partial charge in [-0.1, -0.05) is 158 Å². The van der Waals surface area contributed by atoms with Gasteiger partial charge in [0.15, 0.2) is 5.82 Å². The summed E-state index contributed by atoms with van der Waals surface area (Å²) in [5.74, 6) is 0.708. The molecular formula is C52H34N4. The molecule has 11 rings (SSSR count). The zero-order chi connectivity index (χ0) is 37.0. The highest BCUT2D eigenvalue weighted by atomic mass is 15.0. The highest BCUT2D eigenvalue weighted by Gasteiger charge is 2.21. The third-order valence-corrected chi connectivity index (χ3v) is 10.9. The Kier molecular flexibility index (Phi) is 7.46. The fourth-order valence-electron chi connectivity index (χ4n) is 8.35. The van der Waals surface area contributed by atoms with Crippen molar-refractivity contribution in [1.29, 1.82) is 0 Å². The van der Waals surface area contributed by atoms with E-state index in [-0.39, 0.29) is 0 Å². The van der Waals surface area contributed by atoms with Crippen LogP contribution >= 0.6 is 0 Å². The molecule has 4 nitrogen and oxygen atoms in total. The summed E-state index contributed by atoms with van der Waals surface area (Å²) in [6, 6.07) is 73.3. The van der Waals surface area contributed by atoms with E-state index in [1.165, 1.54) is 38.1 Å². The van der Waals surface area contributed by atoms with Gasteiger partial charge in [-0.3, -0.25) is 0 Å². The number of hydrogen-bond donors (Lipinski definition) is 0. The molecule has 0 saturated carbocycles. The standard InChI is InChI=1S/C52H34N4/c1-4-16-36(17-5-1)45-33-46(54-52(53-45)38-18-6-2-7-19-38)37-30-28-35(29-31-37)43-32-44-42-24-12-13-25-47(42)55(39-20-8-3-9-21-39)51(44)34-50(43)56-48-26-14-10-22-40(48)41-23-11-15-27-49(41)56/h1-34H. The quantitative estimate of drug-likeness (QED) is 0.172. The van der Waals surface area contributed by atoms with Crippen LogP contribution in [0.1, 0.15) is 0 Å². The maximum atomic E-state index is 5.12. The summed E-state index contributed by atoms with van der Waals surface area (Å²) in [5.41, 5.74) is 14.1. The van der Waals surface area contributed by atoms with Crippen LogP contribution in [0.2, 0.25) is 0 Å². The van der Waals surface area contributed by atoms with E-state index < -0.39 is 0 Å². The van der Waals surface area contributed by atoms with E-state index >= 15 is 0 Å². The zero-order valence-electron chi connectivity index (χ0n) is 30.4. The molecule has 0 fully saturated rings. The molecule has 0 radical (unpaired) electrons. The van der Waals surface area contributed by atoms with Gasteiger partial charge in [-0.2, -0.15) is 0 Å². The minimum absolute atomic E-state index is 0.708. The van der Waals surface area contributed by atoms with E-state index in [0.717, 1.165) is 56.1 Å². The largest absolute Gasteiger partial charge is 0.309 e. The van der Waals surface area contributed by atoms with Crippen molar-refractivity contribution in [2.75, 3.05) is 0 Å². The molecule has 0 N–H and O–H groups in total. The fourth-order valence-corrected chi connectivity index (χ4v) is 8.35. The molecule has 262 valence electrons. The van der Waals surface area contributed by atoms with E-state index in [0.29, 0.717) is 5.82 Å². The molecule has 0 aliphatic heterocycles. The predicted octanol–water partition coefficient (Wildman–Crippen LogP) is 13.3. The van der Waals surface area contributed by atoms with Crippen LogP contribution < -0.4 is 0 Å². The van der Waals surface area contributed by atoms with E-state index in [4.69, 9.17) is 9.97 Å². The van der Waals surface area contributed by atoms with E-state index in [1.54, 1.807) is 0 Å². The van der Waals surface area contributed by atoms with Crippen LogP contribution in [-0.2, 0) is 0 Å². The number of nitrogens with zero attached hydrogens (tertiary/aromatic N) is 4. The van der Waals surface area contributed by atoms with Gasteiger partial charge in [0.25, 0.3) is 0 Å². The summed E-state index contributed by atoms with van der Waals surface area (Å²) >= 11 is 0. The Morgan fingerprint density at radius 1 is 0.304 bits per heavy atom. The molecule has 0 amide bonds. The van der Waals surface area contributed by atoms with Crippen LogP contribution in [0.25, 0.3) is 100 Å². The third-order valence-electron chi connectivity index (χ3n) is 10.9. The Hall–Kier alpha value is -7.56. The van der Waals surface area contributed by atoms with Gasteiger partial charge in [0.2, 0.25) is 0 Å². The van der Waals surface area contributed by atoms with Crippen LogP contribution in [0.4, 0.5) is 0 Å². The van der Waals surface area contributed by atoms with Gasteiger partial charge in [0.05, 0.1) is 39.1 Å². The molecular weight excluding hydrogens is 681 g/mol. The summed E-state index contributed by atoms with van der Waals surface area (Å²) in [6.45, 7) is 0. The van der Waals surface area contributed by atoms with Crippen LogP contribution in [0.5, 0.6) is 0 Å². The lowest BCUT2D eigenvalue weighted by Gasteiger charge is -2.17. The van der Waals surface area contributed by atoms with Gasteiger partial charge in [-0.15, -0.1) is 0 Å². The molecule has 4 heteroatoms. The molecule has 0 unspecified atom stereocenters. The average molecular weight is 715 g/mol. The van der Waals surface area contributed by atoms with E-state index in [1.807, 2.05) is 24.3 Å². The van der Waals surface area contributed by atoms with Gasteiger partial charge in [-0.25, -0.2) is 9.97 Å². The van der Waals surface area contributed by atoms with Gasteiger partial charge >= 0.3 is 0 Å². The summed E-state index contributed by atoms with van der Waals surface area (Å²) in [6.07, 6.45) is 0. The molecule has 0 aliphatic rings. The number of benzene rings is 8. The van der Waals surface area contributed by atoms with Gasteiger partial charge in [-0.05, 0) is 54.1 Å². The second kappa shape index (κ2) is 13.1. The molecule has 11 aromatic rings. The molecule has 3 heterocycles. The highest BCUT2D eigenvalue weighted by molar-refractivity contribution is 6.14. The minimum Gasteiger partial charge on any atom is -0.309 e. The molecule has 56 heavy (non-hydrogen) atoms. The van der Waals surface area contributed by atoms with Crippen LogP contribution in [-0.4, -0.2) is 19.1 Å². The Labute approximate surface area is 324 Å². The number of fused-ring (bicyclic) bond motifs is 6. The van der Waals surface area contributed by atoms with Crippen molar-refractivity contribution in [3.8, 4) is 56.4 Å². The van der Waals surface area contributed by atoms with Crippen molar-refractivity contribution in [2.45, 2.75) is 0 Å². The van der Waals surface area contributed by atoms with Crippen LogP contribution in [0.15, 0.2) is 206 Å². The van der Waals surface area contributed by atoms with Gasteiger partial charge in [0.1, 0.15) is 0 Å². The first kappa shape index (κ1) is 31.9. The fraction of sp³-hybridized carbons (Fsp3) is 0. The minimum atomic E-state index is 0.708. The lowest BCUT2D eigenvalue weighted by molar-refractivity contribution is 1.16. The second-order valence-corrected chi connectivity index (χ2v) is 14.2. The zero-order valence-corrected chi connectivity index (χ0v) is 30.4. The number of para-hydroxylation sites is 4. The molecule has 8 aromatic carbocycles. The summed E-state index contributed by atoms with van der Waals surface area (Å²) in [4.78, 5) is 10.1. The Morgan fingerprint density at radius 3 is 1.34 bits per heavy atom. The first-order chi connectivity index (χ1) is 27.8. The summed E-state index contributed by atoms with van der Waals surface area (Å²) in [5, 5.41) is 4.91. The van der Waals surface area contributed by atoms with Crippen LogP contribution in [0, 0.1) is 0 Å². The molecule has 0 atom stereocenters.